The molecule has 1 N–H and O–H groups in total. The number of benzene rings is 2. The van der Waals surface area contributed by atoms with E-state index < -0.39 is 30.2 Å². The van der Waals surface area contributed by atoms with Crippen molar-refractivity contribution in [3.05, 3.63) is 71.0 Å². The summed E-state index contributed by atoms with van der Waals surface area (Å²) in [5, 5.41) is 2.67. The smallest absolute Gasteiger partial charge is 0.329 e. The molecule has 27 heavy (non-hydrogen) atoms. The molecule has 0 aliphatic carbocycles. The Morgan fingerprint density at radius 2 is 1.67 bits per heavy atom. The molecule has 0 unspecified atom stereocenters. The van der Waals surface area contributed by atoms with E-state index in [1.807, 2.05) is 6.07 Å². The van der Waals surface area contributed by atoms with Gasteiger partial charge in [0.1, 0.15) is 11.9 Å². The van der Waals surface area contributed by atoms with E-state index in [1.165, 1.54) is 12.1 Å². The van der Waals surface area contributed by atoms with Crippen LogP contribution in [0.5, 0.6) is 0 Å². The van der Waals surface area contributed by atoms with Gasteiger partial charge in [0.15, 0.2) is 12.4 Å². The van der Waals surface area contributed by atoms with E-state index in [0.29, 0.717) is 5.56 Å². The topological polar surface area (TPSA) is 72.5 Å². The summed E-state index contributed by atoms with van der Waals surface area (Å²) in [7, 11) is 0. The lowest BCUT2D eigenvalue weighted by molar-refractivity contribution is -0.145. The minimum atomic E-state index is -0.891. The number of esters is 1. The van der Waals surface area contributed by atoms with Gasteiger partial charge < -0.3 is 10.1 Å². The standard InChI is InChI=1S/C21H22FNO4/c1-13(2)19(23-20(25)17-7-5-4-6-14(17)3)21(26)27-12-18(24)15-8-10-16(22)11-9-15/h4-11,13,19H,12H2,1-3H3,(H,23,25)/t19-/m0/s1. The number of carbonyl (C=O) groups excluding carboxylic acids is 3. The van der Waals surface area contributed by atoms with Gasteiger partial charge in [0, 0.05) is 11.1 Å². The predicted molar refractivity (Wildman–Crippen MR) is 99.0 cm³/mol. The Kier molecular flexibility index (Phi) is 6.82. The molecule has 0 aliphatic rings. The number of rotatable bonds is 7. The minimum absolute atomic E-state index is 0.230. The van der Waals surface area contributed by atoms with Crippen molar-refractivity contribution in [1.29, 1.82) is 0 Å². The number of nitrogens with one attached hydrogen (secondary N) is 1. The summed E-state index contributed by atoms with van der Waals surface area (Å²) in [6.07, 6.45) is 0. The maximum atomic E-state index is 12.9. The first kappa shape index (κ1) is 20.3. The number of ketones is 1. The summed E-state index contributed by atoms with van der Waals surface area (Å²) in [4.78, 5) is 36.9. The molecule has 0 fully saturated rings. The molecule has 0 saturated carbocycles. The summed E-state index contributed by atoms with van der Waals surface area (Å²) in [6.45, 7) is 4.87. The van der Waals surface area contributed by atoms with Gasteiger partial charge in [0.2, 0.25) is 0 Å². The quantitative estimate of drug-likeness (QED) is 0.599. The highest BCUT2D eigenvalue weighted by Gasteiger charge is 2.27. The fourth-order valence-electron chi connectivity index (χ4n) is 2.49. The molecule has 2 aromatic carbocycles. The van der Waals surface area contributed by atoms with Crippen molar-refractivity contribution < 1.29 is 23.5 Å². The van der Waals surface area contributed by atoms with E-state index in [4.69, 9.17) is 4.74 Å². The summed E-state index contributed by atoms with van der Waals surface area (Å²) in [5.41, 5.74) is 1.50. The molecule has 0 heterocycles. The van der Waals surface area contributed by atoms with Gasteiger partial charge in [0.05, 0.1) is 0 Å². The van der Waals surface area contributed by atoms with E-state index in [-0.39, 0.29) is 17.4 Å². The molecule has 0 aliphatic heterocycles. The van der Waals surface area contributed by atoms with Crippen LogP contribution in [0.3, 0.4) is 0 Å². The molecule has 1 amide bonds. The highest BCUT2D eigenvalue weighted by Crippen LogP contribution is 2.11. The molecule has 5 nitrogen and oxygen atoms in total. The molecule has 2 aromatic rings. The first-order valence-electron chi connectivity index (χ1n) is 8.61. The number of Topliss-reactive ketones (excluding diaryl/α,β-unsaturated/α-hetero) is 1. The van der Waals surface area contributed by atoms with Gasteiger partial charge in [-0.3, -0.25) is 9.59 Å². The third-order valence-corrected chi connectivity index (χ3v) is 4.11. The third-order valence-electron chi connectivity index (χ3n) is 4.11. The maximum Gasteiger partial charge on any atom is 0.329 e. The lowest BCUT2D eigenvalue weighted by Gasteiger charge is -2.21. The lowest BCUT2D eigenvalue weighted by atomic mass is 10.0. The second-order valence-electron chi connectivity index (χ2n) is 6.55. The zero-order chi connectivity index (χ0) is 20.0. The van der Waals surface area contributed by atoms with E-state index in [9.17, 15) is 18.8 Å². The van der Waals surface area contributed by atoms with Crippen LogP contribution >= 0.6 is 0 Å². The van der Waals surface area contributed by atoms with Crippen LogP contribution in [-0.4, -0.2) is 30.3 Å². The van der Waals surface area contributed by atoms with Gasteiger partial charge >= 0.3 is 5.97 Å². The van der Waals surface area contributed by atoms with Gasteiger partial charge in [-0.05, 0) is 48.7 Å². The van der Waals surface area contributed by atoms with Crippen molar-refractivity contribution in [2.45, 2.75) is 26.8 Å². The molecule has 6 heteroatoms. The van der Waals surface area contributed by atoms with Crippen LogP contribution in [0.1, 0.15) is 40.1 Å². The Labute approximate surface area is 157 Å². The van der Waals surface area contributed by atoms with Crippen molar-refractivity contribution >= 4 is 17.7 Å². The highest BCUT2D eigenvalue weighted by atomic mass is 19.1. The molecule has 2 rings (SSSR count). The zero-order valence-corrected chi connectivity index (χ0v) is 15.5. The van der Waals surface area contributed by atoms with Crippen LogP contribution in [0.2, 0.25) is 0 Å². The van der Waals surface area contributed by atoms with Gasteiger partial charge in [-0.25, -0.2) is 9.18 Å². The van der Waals surface area contributed by atoms with Crippen LogP contribution in [0.4, 0.5) is 4.39 Å². The van der Waals surface area contributed by atoms with Crippen molar-refractivity contribution in [2.75, 3.05) is 6.61 Å². The number of ether oxygens (including phenoxy) is 1. The van der Waals surface area contributed by atoms with Gasteiger partial charge in [-0.1, -0.05) is 32.0 Å². The van der Waals surface area contributed by atoms with E-state index >= 15 is 0 Å². The fraction of sp³-hybridized carbons (Fsp3) is 0.286. The molecular formula is C21H22FNO4. The third kappa shape index (κ3) is 5.48. The molecule has 142 valence electrons. The fourth-order valence-corrected chi connectivity index (χ4v) is 2.49. The van der Waals surface area contributed by atoms with Crippen molar-refractivity contribution in [3.8, 4) is 0 Å². The average Bonchev–Trinajstić information content (AvgIpc) is 2.64. The van der Waals surface area contributed by atoms with Crippen LogP contribution < -0.4 is 5.32 Å². The highest BCUT2D eigenvalue weighted by molar-refractivity contribution is 5.99. The first-order chi connectivity index (χ1) is 12.8. The van der Waals surface area contributed by atoms with Crippen molar-refractivity contribution in [1.82, 2.24) is 5.32 Å². The van der Waals surface area contributed by atoms with Crippen LogP contribution in [0, 0.1) is 18.7 Å². The Morgan fingerprint density at radius 3 is 2.26 bits per heavy atom. The monoisotopic (exact) mass is 371 g/mol. The van der Waals surface area contributed by atoms with E-state index in [1.54, 1.807) is 39.0 Å². The normalized spacial score (nSPS) is 11.7. The number of aryl methyl sites for hydroxylation is 1. The molecule has 0 bridgehead atoms. The largest absolute Gasteiger partial charge is 0.456 e. The maximum absolute atomic E-state index is 12.9. The van der Waals surface area contributed by atoms with Crippen molar-refractivity contribution in [3.63, 3.8) is 0 Å². The number of carbonyl (C=O) groups is 3. The van der Waals surface area contributed by atoms with E-state index in [2.05, 4.69) is 5.32 Å². The van der Waals surface area contributed by atoms with E-state index in [0.717, 1.165) is 17.7 Å². The zero-order valence-electron chi connectivity index (χ0n) is 15.5. The Balaban J connectivity index is 2.00. The van der Waals surface area contributed by atoms with Gasteiger partial charge in [-0.15, -0.1) is 0 Å². The SMILES string of the molecule is Cc1ccccc1C(=O)N[C@H](C(=O)OCC(=O)c1ccc(F)cc1)C(C)C. The molecule has 1 atom stereocenters. The van der Waals surface area contributed by atoms with Gasteiger partial charge in [-0.2, -0.15) is 0 Å². The van der Waals surface area contributed by atoms with Crippen molar-refractivity contribution in [2.24, 2.45) is 5.92 Å². The number of halogens is 1. The van der Waals surface area contributed by atoms with Crippen LogP contribution in [0.15, 0.2) is 48.5 Å². The number of amides is 1. The Bertz CT molecular complexity index is 830. The summed E-state index contributed by atoms with van der Waals surface area (Å²) in [5.74, 6) is -2.21. The van der Waals surface area contributed by atoms with Crippen LogP contribution in [-0.2, 0) is 9.53 Å². The minimum Gasteiger partial charge on any atom is -0.456 e. The summed E-state index contributed by atoms with van der Waals surface area (Å²) >= 11 is 0. The Hall–Kier alpha value is -3.02. The summed E-state index contributed by atoms with van der Waals surface area (Å²) in [6, 6.07) is 11.1. The molecule has 0 radical (unpaired) electrons. The second kappa shape index (κ2) is 9.07. The molecule has 0 aromatic heterocycles. The van der Waals surface area contributed by atoms with Gasteiger partial charge in [0.25, 0.3) is 5.91 Å². The second-order valence-corrected chi connectivity index (χ2v) is 6.55. The molecule has 0 saturated heterocycles. The lowest BCUT2D eigenvalue weighted by Crippen LogP contribution is -2.45. The van der Waals surface area contributed by atoms with Crippen LogP contribution in [0.25, 0.3) is 0 Å². The average molecular weight is 371 g/mol. The summed E-state index contributed by atoms with van der Waals surface area (Å²) < 4.78 is 18.0. The molecular weight excluding hydrogens is 349 g/mol. The Morgan fingerprint density at radius 1 is 1.04 bits per heavy atom. The number of hydrogen-bond acceptors (Lipinski definition) is 4. The first-order valence-corrected chi connectivity index (χ1v) is 8.61. The predicted octanol–water partition coefficient (Wildman–Crippen LogP) is 3.31. The number of hydrogen-bond donors (Lipinski definition) is 1. The molecule has 0 spiro atoms.